The number of halogens is 2. The molecule has 3 aromatic carbocycles. The molecule has 0 radical (unpaired) electrons. The molecular weight excluding hydrogens is 520 g/mol. The van der Waals surface area contributed by atoms with Crippen LogP contribution in [0.3, 0.4) is 0 Å². The van der Waals surface area contributed by atoms with Crippen LogP contribution in [0.2, 0.25) is 5.02 Å². The largest absolute Gasteiger partial charge is 0.487 e. The Morgan fingerprint density at radius 2 is 1.65 bits per heavy atom. The third-order valence-electron chi connectivity index (χ3n) is 5.99. The molecule has 0 spiro atoms. The first-order chi connectivity index (χ1) is 16.5. The Labute approximate surface area is 212 Å². The summed E-state index contributed by atoms with van der Waals surface area (Å²) in [5, 5.41) is 0.554. The number of carbonyl (C=O) groups is 1. The van der Waals surface area contributed by atoms with Gasteiger partial charge in [0.25, 0.3) is 5.91 Å². The number of rotatable bonds is 6. The number of benzene rings is 3. The second kappa shape index (κ2) is 10.3. The van der Waals surface area contributed by atoms with Gasteiger partial charge in [-0.15, -0.1) is 0 Å². The summed E-state index contributed by atoms with van der Waals surface area (Å²) in [5.74, 6) is 2.30. The van der Waals surface area contributed by atoms with E-state index in [1.54, 1.807) is 6.07 Å². The monoisotopic (exact) mass is 542 g/mol. The van der Waals surface area contributed by atoms with Crippen LogP contribution in [-0.2, 0) is 13.2 Å². The second-order valence-electron chi connectivity index (χ2n) is 8.32. The van der Waals surface area contributed by atoms with E-state index in [1.807, 2.05) is 53.4 Å². The topological polar surface area (TPSA) is 51.2 Å². The lowest BCUT2D eigenvalue weighted by molar-refractivity contribution is 0.0628. The van der Waals surface area contributed by atoms with Gasteiger partial charge in [-0.1, -0.05) is 45.7 Å². The van der Waals surface area contributed by atoms with Crippen LogP contribution in [0.25, 0.3) is 0 Å². The summed E-state index contributed by atoms with van der Waals surface area (Å²) in [6, 6.07) is 19.2. The molecule has 6 nitrogen and oxygen atoms in total. The normalized spacial score (nSPS) is 15.4. The molecule has 0 unspecified atom stereocenters. The molecule has 5 rings (SSSR count). The summed E-state index contributed by atoms with van der Waals surface area (Å²) in [5.41, 5.74) is 2.85. The van der Waals surface area contributed by atoms with Gasteiger partial charge >= 0.3 is 0 Å². The summed E-state index contributed by atoms with van der Waals surface area (Å²) in [6.45, 7) is 4.57. The number of carbonyl (C=O) groups excluding carboxylic acids is 1. The molecule has 0 N–H and O–H groups in total. The molecule has 2 heterocycles. The average Bonchev–Trinajstić information content (AvgIpc) is 3.32. The summed E-state index contributed by atoms with van der Waals surface area (Å²) < 4.78 is 17.6. The number of nitrogens with zero attached hydrogens (tertiary/aromatic N) is 2. The van der Waals surface area contributed by atoms with E-state index in [0.29, 0.717) is 36.0 Å². The van der Waals surface area contributed by atoms with E-state index in [2.05, 4.69) is 26.9 Å². The maximum absolute atomic E-state index is 13.0. The van der Waals surface area contributed by atoms with Crippen molar-refractivity contribution in [2.24, 2.45) is 0 Å². The number of hydrogen-bond donors (Lipinski definition) is 0. The van der Waals surface area contributed by atoms with Crippen LogP contribution in [0.5, 0.6) is 17.2 Å². The summed E-state index contributed by atoms with van der Waals surface area (Å²) in [7, 11) is 0. The van der Waals surface area contributed by atoms with Crippen LogP contribution < -0.4 is 14.2 Å². The van der Waals surface area contributed by atoms with E-state index in [-0.39, 0.29) is 12.7 Å². The fraction of sp³-hybridized carbons (Fsp3) is 0.269. The lowest BCUT2D eigenvalue weighted by atomic mass is 10.1. The number of amides is 1. The van der Waals surface area contributed by atoms with E-state index in [9.17, 15) is 4.79 Å². The molecule has 0 saturated carbocycles. The quantitative estimate of drug-likeness (QED) is 0.419. The molecule has 0 aliphatic carbocycles. The fourth-order valence-electron chi connectivity index (χ4n) is 4.09. The molecule has 0 bridgehead atoms. The lowest BCUT2D eigenvalue weighted by Gasteiger charge is -2.34. The average molecular weight is 544 g/mol. The van der Waals surface area contributed by atoms with Crippen LogP contribution in [0.1, 0.15) is 21.5 Å². The Hall–Kier alpha value is -2.74. The van der Waals surface area contributed by atoms with E-state index < -0.39 is 0 Å². The maximum atomic E-state index is 13.0. The second-order valence-corrected chi connectivity index (χ2v) is 9.64. The van der Waals surface area contributed by atoms with Gasteiger partial charge in [-0.3, -0.25) is 9.69 Å². The molecule has 3 aromatic rings. The minimum atomic E-state index is 0.0613. The van der Waals surface area contributed by atoms with E-state index in [1.165, 1.54) is 5.56 Å². The minimum absolute atomic E-state index is 0.0613. The van der Waals surface area contributed by atoms with Crippen molar-refractivity contribution in [3.05, 3.63) is 86.8 Å². The Morgan fingerprint density at radius 1 is 0.912 bits per heavy atom. The highest BCUT2D eigenvalue weighted by atomic mass is 79.9. The summed E-state index contributed by atoms with van der Waals surface area (Å²) in [4.78, 5) is 17.3. The summed E-state index contributed by atoms with van der Waals surface area (Å²) >= 11 is 9.59. The molecule has 0 aromatic heterocycles. The van der Waals surface area contributed by atoms with Crippen LogP contribution >= 0.6 is 27.5 Å². The molecule has 2 aliphatic heterocycles. The molecule has 1 saturated heterocycles. The zero-order valence-electron chi connectivity index (χ0n) is 18.5. The van der Waals surface area contributed by atoms with Gasteiger partial charge in [-0.25, -0.2) is 0 Å². The van der Waals surface area contributed by atoms with Gasteiger partial charge < -0.3 is 19.1 Å². The maximum Gasteiger partial charge on any atom is 0.253 e. The highest BCUT2D eigenvalue weighted by Gasteiger charge is 2.23. The highest BCUT2D eigenvalue weighted by molar-refractivity contribution is 9.10. The molecule has 1 amide bonds. The zero-order valence-corrected chi connectivity index (χ0v) is 20.8. The molecule has 2 aliphatic rings. The first-order valence-corrected chi connectivity index (χ1v) is 12.3. The van der Waals surface area contributed by atoms with Crippen LogP contribution in [0.4, 0.5) is 0 Å². The van der Waals surface area contributed by atoms with Crippen molar-refractivity contribution in [3.8, 4) is 17.2 Å². The van der Waals surface area contributed by atoms with Gasteiger partial charge in [-0.2, -0.15) is 0 Å². The number of ether oxygens (including phenoxy) is 3. The molecule has 176 valence electrons. The zero-order chi connectivity index (χ0) is 23.5. The third kappa shape index (κ3) is 5.32. The van der Waals surface area contributed by atoms with Crippen LogP contribution in [-0.4, -0.2) is 48.7 Å². The van der Waals surface area contributed by atoms with Crippen molar-refractivity contribution in [2.45, 2.75) is 13.2 Å². The Morgan fingerprint density at radius 3 is 2.41 bits per heavy atom. The Bertz CT molecular complexity index is 1180. The van der Waals surface area contributed by atoms with E-state index >= 15 is 0 Å². The first kappa shape index (κ1) is 23.0. The van der Waals surface area contributed by atoms with Crippen molar-refractivity contribution in [3.63, 3.8) is 0 Å². The number of piperazine rings is 1. The van der Waals surface area contributed by atoms with Gasteiger partial charge in [0.2, 0.25) is 6.79 Å². The Balaban J connectivity index is 1.12. The van der Waals surface area contributed by atoms with Gasteiger partial charge in [0.15, 0.2) is 11.5 Å². The molecular formula is C26H24BrClN2O4. The fourth-order valence-corrected chi connectivity index (χ4v) is 4.81. The Kier molecular flexibility index (Phi) is 6.94. The smallest absolute Gasteiger partial charge is 0.253 e. The minimum Gasteiger partial charge on any atom is -0.487 e. The van der Waals surface area contributed by atoms with Crippen molar-refractivity contribution < 1.29 is 19.0 Å². The standard InChI is InChI=1S/C26H24BrClN2O4/c27-21-6-8-23(22(28)14-21)32-16-18-1-4-20(5-2-18)26(31)30-11-9-29(10-12-30)15-19-3-7-24-25(13-19)34-17-33-24/h1-8,13-14H,9-12,15-17H2. The van der Waals surface area contributed by atoms with Crippen molar-refractivity contribution in [1.29, 1.82) is 0 Å². The SMILES string of the molecule is O=C(c1ccc(COc2ccc(Br)cc2Cl)cc1)N1CCN(Cc2ccc3c(c2)OCO3)CC1. The van der Waals surface area contributed by atoms with E-state index in [0.717, 1.165) is 41.2 Å². The highest BCUT2D eigenvalue weighted by Crippen LogP contribution is 2.33. The molecule has 0 atom stereocenters. The van der Waals surface area contributed by atoms with Gasteiger partial charge in [-0.05, 0) is 53.6 Å². The predicted molar refractivity (Wildman–Crippen MR) is 134 cm³/mol. The first-order valence-electron chi connectivity index (χ1n) is 11.1. The molecule has 1 fully saturated rings. The third-order valence-corrected chi connectivity index (χ3v) is 6.78. The van der Waals surface area contributed by atoms with Gasteiger partial charge in [0, 0.05) is 42.8 Å². The van der Waals surface area contributed by atoms with Crippen molar-refractivity contribution >= 4 is 33.4 Å². The molecule has 8 heteroatoms. The van der Waals surface area contributed by atoms with Crippen LogP contribution in [0, 0.1) is 0 Å². The van der Waals surface area contributed by atoms with Crippen LogP contribution in [0.15, 0.2) is 65.1 Å². The number of hydrogen-bond acceptors (Lipinski definition) is 5. The molecule has 34 heavy (non-hydrogen) atoms. The predicted octanol–water partition coefficient (Wildman–Crippen LogP) is 5.37. The summed E-state index contributed by atoms with van der Waals surface area (Å²) in [6.07, 6.45) is 0. The lowest BCUT2D eigenvalue weighted by Crippen LogP contribution is -2.48. The van der Waals surface area contributed by atoms with E-state index in [4.69, 9.17) is 25.8 Å². The van der Waals surface area contributed by atoms with Gasteiger partial charge in [0.05, 0.1) is 5.02 Å². The van der Waals surface area contributed by atoms with Crippen molar-refractivity contribution in [2.75, 3.05) is 33.0 Å². The van der Waals surface area contributed by atoms with Crippen molar-refractivity contribution in [1.82, 2.24) is 9.80 Å². The van der Waals surface area contributed by atoms with Gasteiger partial charge in [0.1, 0.15) is 12.4 Å². The number of fused-ring (bicyclic) bond motifs is 1.